The highest BCUT2D eigenvalue weighted by Crippen LogP contribution is 2.26. The van der Waals surface area contributed by atoms with Crippen LogP contribution in [0.15, 0.2) is 16.9 Å². The molecule has 4 nitrogen and oxygen atoms in total. The molecule has 2 N–H and O–H groups in total. The quantitative estimate of drug-likeness (QED) is 0.882. The average Bonchev–Trinajstić information content (AvgIpc) is 2.32. The third kappa shape index (κ3) is 2.46. The molecule has 0 saturated carbocycles. The highest BCUT2D eigenvalue weighted by Gasteiger charge is 2.16. The van der Waals surface area contributed by atoms with Crippen molar-refractivity contribution in [3.05, 3.63) is 44.7 Å². The molecule has 1 heterocycles. The lowest BCUT2D eigenvalue weighted by Crippen LogP contribution is -2.16. The second kappa shape index (κ2) is 5.12. The molecule has 0 spiro atoms. The molecule has 1 aromatic carbocycles. The van der Waals surface area contributed by atoms with Gasteiger partial charge in [-0.3, -0.25) is 4.79 Å². The summed E-state index contributed by atoms with van der Waals surface area (Å²) in [7, 11) is 0. The largest absolute Gasteiger partial charge is 0.493 e. The molecule has 0 aliphatic rings. The maximum atomic E-state index is 12.1. The van der Waals surface area contributed by atoms with Gasteiger partial charge in [-0.1, -0.05) is 19.9 Å². The van der Waals surface area contributed by atoms with Gasteiger partial charge < -0.3 is 10.1 Å². The number of aromatic hydroxyl groups is 1. The van der Waals surface area contributed by atoms with E-state index >= 15 is 0 Å². The van der Waals surface area contributed by atoms with Crippen molar-refractivity contribution in [1.29, 1.82) is 0 Å². The van der Waals surface area contributed by atoms with Gasteiger partial charge in [0.05, 0.1) is 5.56 Å². The van der Waals surface area contributed by atoms with Crippen molar-refractivity contribution in [2.24, 2.45) is 0 Å². The Bertz CT molecular complexity index is 715. The number of aromatic amines is 1. The Kier molecular flexibility index (Phi) is 3.66. The average molecular weight is 272 g/mol. The van der Waals surface area contributed by atoms with Crippen LogP contribution in [0, 0.1) is 20.8 Å². The fourth-order valence-corrected chi connectivity index (χ4v) is 2.33. The molecule has 0 aliphatic carbocycles. The molecule has 106 valence electrons. The van der Waals surface area contributed by atoms with Crippen molar-refractivity contribution in [1.82, 2.24) is 9.97 Å². The molecule has 0 saturated heterocycles. The number of benzene rings is 1. The van der Waals surface area contributed by atoms with E-state index in [-0.39, 0.29) is 17.4 Å². The number of aryl methyl sites for hydroxylation is 3. The van der Waals surface area contributed by atoms with Crippen LogP contribution in [-0.2, 0) is 0 Å². The number of aromatic nitrogens is 2. The molecule has 0 radical (unpaired) electrons. The van der Waals surface area contributed by atoms with Crippen LogP contribution in [0.1, 0.15) is 42.0 Å². The zero-order chi connectivity index (χ0) is 15.0. The van der Waals surface area contributed by atoms with E-state index in [4.69, 9.17) is 0 Å². The Hall–Kier alpha value is -2.10. The topological polar surface area (TPSA) is 66.0 Å². The molecule has 0 amide bonds. The summed E-state index contributed by atoms with van der Waals surface area (Å²) >= 11 is 0. The van der Waals surface area contributed by atoms with Crippen molar-refractivity contribution in [3.8, 4) is 17.3 Å². The smallest absolute Gasteiger partial charge is 0.258 e. The predicted molar refractivity (Wildman–Crippen MR) is 80.3 cm³/mol. The lowest BCUT2D eigenvalue weighted by atomic mass is 10.00. The van der Waals surface area contributed by atoms with Crippen LogP contribution in [-0.4, -0.2) is 15.1 Å². The van der Waals surface area contributed by atoms with Crippen LogP contribution in [0.4, 0.5) is 0 Å². The Morgan fingerprint density at radius 1 is 1.10 bits per heavy atom. The zero-order valence-electron chi connectivity index (χ0n) is 12.5. The van der Waals surface area contributed by atoms with Crippen LogP contribution < -0.4 is 5.56 Å². The van der Waals surface area contributed by atoms with Crippen LogP contribution in [0.25, 0.3) is 11.4 Å². The monoisotopic (exact) mass is 272 g/mol. The minimum Gasteiger partial charge on any atom is -0.493 e. The van der Waals surface area contributed by atoms with E-state index in [0.717, 1.165) is 16.7 Å². The Balaban J connectivity index is 2.66. The molecule has 20 heavy (non-hydrogen) atoms. The van der Waals surface area contributed by atoms with Gasteiger partial charge in [-0.2, -0.15) is 4.98 Å². The van der Waals surface area contributed by atoms with E-state index in [1.165, 1.54) is 5.56 Å². The standard InChI is InChI=1S/C16H20N2O2/c1-8(2)13-15(19)17-14(18-16(13)20)12-7-10(4)9(3)6-11(12)5/h6-8H,1-5H3,(H2,17,18,19,20). The van der Waals surface area contributed by atoms with Crippen LogP contribution in [0.5, 0.6) is 5.88 Å². The van der Waals surface area contributed by atoms with Crippen LogP contribution in [0.3, 0.4) is 0 Å². The number of nitrogens with one attached hydrogen (secondary N) is 1. The van der Waals surface area contributed by atoms with Gasteiger partial charge in [0.15, 0.2) is 0 Å². The van der Waals surface area contributed by atoms with Gasteiger partial charge in [-0.05, 0) is 49.4 Å². The van der Waals surface area contributed by atoms with Gasteiger partial charge in [0.25, 0.3) is 5.56 Å². The normalized spacial score (nSPS) is 11.1. The van der Waals surface area contributed by atoms with Crippen molar-refractivity contribution in [2.45, 2.75) is 40.5 Å². The molecule has 2 rings (SSSR count). The molecule has 0 aliphatic heterocycles. The first-order chi connectivity index (χ1) is 9.31. The summed E-state index contributed by atoms with van der Waals surface area (Å²) in [6, 6.07) is 4.04. The third-order valence-electron chi connectivity index (χ3n) is 3.61. The minimum absolute atomic E-state index is 0.0684. The molecule has 2 aromatic rings. The van der Waals surface area contributed by atoms with Gasteiger partial charge in [0.2, 0.25) is 5.88 Å². The van der Waals surface area contributed by atoms with Gasteiger partial charge in [0, 0.05) is 5.56 Å². The number of nitrogens with zero attached hydrogens (tertiary/aromatic N) is 1. The summed E-state index contributed by atoms with van der Waals surface area (Å²) in [5, 5.41) is 9.99. The Morgan fingerprint density at radius 2 is 1.70 bits per heavy atom. The van der Waals surface area contributed by atoms with E-state index < -0.39 is 0 Å². The fourth-order valence-electron chi connectivity index (χ4n) is 2.33. The molecule has 0 unspecified atom stereocenters. The molecule has 4 heteroatoms. The van der Waals surface area contributed by atoms with Gasteiger partial charge in [-0.25, -0.2) is 0 Å². The SMILES string of the molecule is Cc1cc(C)c(-c2nc(O)c(C(C)C)c(=O)[nH]2)cc1C. The van der Waals surface area contributed by atoms with Crippen molar-refractivity contribution in [3.63, 3.8) is 0 Å². The summed E-state index contributed by atoms with van der Waals surface area (Å²) in [6.07, 6.45) is 0. The van der Waals surface area contributed by atoms with Crippen molar-refractivity contribution < 1.29 is 5.11 Å². The van der Waals surface area contributed by atoms with Gasteiger partial charge in [-0.15, -0.1) is 0 Å². The number of H-pyrrole nitrogens is 1. The first kappa shape index (κ1) is 14.3. The van der Waals surface area contributed by atoms with E-state index in [1.54, 1.807) is 0 Å². The summed E-state index contributed by atoms with van der Waals surface area (Å²) in [5.74, 6) is 0.162. The first-order valence-corrected chi connectivity index (χ1v) is 6.72. The van der Waals surface area contributed by atoms with Gasteiger partial charge >= 0.3 is 0 Å². The first-order valence-electron chi connectivity index (χ1n) is 6.72. The second-order valence-electron chi connectivity index (χ2n) is 5.56. The molecule has 1 aromatic heterocycles. The van der Waals surface area contributed by atoms with Gasteiger partial charge in [0.1, 0.15) is 5.82 Å². The van der Waals surface area contributed by atoms with Crippen molar-refractivity contribution >= 4 is 0 Å². The van der Waals surface area contributed by atoms with Crippen LogP contribution in [0.2, 0.25) is 0 Å². The number of rotatable bonds is 2. The van der Waals surface area contributed by atoms with E-state index in [9.17, 15) is 9.90 Å². The maximum Gasteiger partial charge on any atom is 0.258 e. The fraction of sp³-hybridized carbons (Fsp3) is 0.375. The summed E-state index contributed by atoms with van der Waals surface area (Å²) in [4.78, 5) is 19.0. The second-order valence-corrected chi connectivity index (χ2v) is 5.56. The number of hydrogen-bond donors (Lipinski definition) is 2. The van der Waals surface area contributed by atoms with E-state index in [1.807, 2.05) is 40.7 Å². The summed E-state index contributed by atoms with van der Waals surface area (Å²) in [5.41, 5.74) is 4.23. The minimum atomic E-state index is -0.278. The van der Waals surface area contributed by atoms with E-state index in [0.29, 0.717) is 11.4 Å². The zero-order valence-corrected chi connectivity index (χ0v) is 12.5. The van der Waals surface area contributed by atoms with Crippen LogP contribution >= 0.6 is 0 Å². The molecular formula is C16H20N2O2. The molecule has 0 bridgehead atoms. The highest BCUT2D eigenvalue weighted by atomic mass is 16.3. The Labute approximate surface area is 118 Å². The predicted octanol–water partition coefficient (Wildman–Crippen LogP) is 3.19. The maximum absolute atomic E-state index is 12.1. The number of hydrogen-bond acceptors (Lipinski definition) is 3. The van der Waals surface area contributed by atoms with E-state index in [2.05, 4.69) is 16.0 Å². The summed E-state index contributed by atoms with van der Waals surface area (Å²) in [6.45, 7) is 9.73. The lowest BCUT2D eigenvalue weighted by molar-refractivity contribution is 0.440. The Morgan fingerprint density at radius 3 is 2.25 bits per heavy atom. The molecule has 0 fully saturated rings. The molecular weight excluding hydrogens is 252 g/mol. The summed E-state index contributed by atoms with van der Waals surface area (Å²) < 4.78 is 0. The lowest BCUT2D eigenvalue weighted by Gasteiger charge is -2.11. The highest BCUT2D eigenvalue weighted by molar-refractivity contribution is 5.62. The van der Waals surface area contributed by atoms with Crippen molar-refractivity contribution in [2.75, 3.05) is 0 Å². The third-order valence-corrected chi connectivity index (χ3v) is 3.61. The molecule has 0 atom stereocenters.